The second-order valence-electron chi connectivity index (χ2n) is 2.42. The second kappa shape index (κ2) is 0.988. The quantitative estimate of drug-likeness (QED) is 0.425. The maximum absolute atomic E-state index is 2.37. The largest absolute Gasteiger partial charge is 0.327 e. The van der Waals surface area contributed by atoms with Crippen LogP contribution in [0, 0.1) is 11.8 Å². The lowest BCUT2D eigenvalue weighted by Crippen LogP contribution is -1.85. The summed E-state index contributed by atoms with van der Waals surface area (Å²) in [6.07, 6.45) is 5.05. The summed E-state index contributed by atoms with van der Waals surface area (Å²) in [4.78, 5) is 0. The van der Waals surface area contributed by atoms with Crippen molar-refractivity contribution in [1.29, 1.82) is 0 Å². The van der Waals surface area contributed by atoms with E-state index in [4.69, 9.17) is 0 Å². The van der Waals surface area contributed by atoms with E-state index in [1.54, 1.807) is 0 Å². The third kappa shape index (κ3) is 0.562. The molecule has 0 aromatic rings. The molecule has 0 N–H and O–H groups in total. The highest BCUT2D eigenvalue weighted by atomic mass is 14.4. The first-order chi connectivity index (χ1) is 2.77. The van der Waals surface area contributed by atoms with E-state index < -0.39 is 0 Å². The molecule has 1 fully saturated rings. The molecule has 0 saturated heterocycles. The second-order valence-corrected chi connectivity index (χ2v) is 2.42. The number of rotatable bonds is 1. The van der Waals surface area contributed by atoms with Crippen LogP contribution in [0.15, 0.2) is 0 Å². The highest BCUT2D eigenvalue weighted by molar-refractivity contribution is 5.05. The summed E-state index contributed by atoms with van der Waals surface area (Å²) in [5.41, 5.74) is 0.667. The lowest BCUT2D eigenvalue weighted by Gasteiger charge is -2.07. The molecule has 1 unspecified atom stereocenters. The van der Waals surface area contributed by atoms with E-state index in [2.05, 4.69) is 20.3 Å². The van der Waals surface area contributed by atoms with E-state index in [0.717, 1.165) is 0 Å². The molecule has 1 rings (SSSR count). The monoisotopic (exact) mass is 83.1 g/mol. The van der Waals surface area contributed by atoms with Crippen LogP contribution >= 0.6 is 0 Å². The van der Waals surface area contributed by atoms with E-state index in [1.807, 2.05) is 0 Å². The molecule has 1 aliphatic rings. The van der Waals surface area contributed by atoms with Gasteiger partial charge in [-0.05, 0) is 0 Å². The highest BCUT2D eigenvalue weighted by Crippen LogP contribution is 2.46. The molecule has 0 aromatic heterocycles. The van der Waals surface area contributed by atoms with Crippen LogP contribution in [-0.2, 0) is 0 Å². The summed E-state index contributed by atoms with van der Waals surface area (Å²) in [6, 6.07) is 0. The van der Waals surface area contributed by atoms with Gasteiger partial charge in [0.15, 0.2) is 0 Å². The maximum Gasteiger partial charge on any atom is -0.0674 e. The molecular weight excluding hydrogens is 72.1 g/mol. The summed E-state index contributed by atoms with van der Waals surface area (Å²) >= 11 is 0. The normalized spacial score (nSPS) is 43.0. The molecule has 0 heteroatoms. The van der Waals surface area contributed by atoms with Gasteiger partial charge in [-0.1, -0.05) is 20.3 Å². The fraction of sp³-hybridized carbons (Fsp3) is 0.833. The van der Waals surface area contributed by atoms with Crippen molar-refractivity contribution >= 4 is 0 Å². The predicted octanol–water partition coefficient (Wildman–Crippen LogP) is 2.01. The fourth-order valence-electron chi connectivity index (χ4n) is 0.463. The van der Waals surface area contributed by atoms with Gasteiger partial charge in [0, 0.05) is 0 Å². The van der Waals surface area contributed by atoms with Gasteiger partial charge in [-0.15, -0.1) is 0 Å². The van der Waals surface area contributed by atoms with Gasteiger partial charge >= 0.3 is 0 Å². The summed E-state index contributed by atoms with van der Waals surface area (Å²) in [7, 11) is 0. The highest BCUT2D eigenvalue weighted by Gasteiger charge is 2.19. The first-order valence-electron chi connectivity index (χ1n) is 2.61. The molecule has 0 amide bonds. The van der Waals surface area contributed by atoms with Gasteiger partial charge in [0.1, 0.15) is 0 Å². The molecule has 0 aliphatic heterocycles. The molecule has 1 atom stereocenters. The topological polar surface area (TPSA) is 0 Å². The zero-order valence-corrected chi connectivity index (χ0v) is 4.49. The minimum Gasteiger partial charge on any atom is -0.327 e. The molecule has 0 radical (unpaired) electrons. The van der Waals surface area contributed by atoms with Crippen LogP contribution in [-0.4, -0.2) is 0 Å². The Labute approximate surface area is 39.6 Å². The summed E-state index contributed by atoms with van der Waals surface area (Å²) in [5.74, 6) is 0. The number of hydrogen-bond donors (Lipinski definition) is 0. The van der Waals surface area contributed by atoms with Crippen molar-refractivity contribution in [2.24, 2.45) is 5.41 Å². The molecule has 0 nitrogen and oxygen atoms in total. The van der Waals surface area contributed by atoms with E-state index in [9.17, 15) is 0 Å². The zero-order chi connectivity index (χ0) is 4.62. The van der Waals surface area contributed by atoms with Gasteiger partial charge in [-0.3, -0.25) is 0 Å². The maximum atomic E-state index is 2.37. The third-order valence-corrected chi connectivity index (χ3v) is 1.71. The van der Waals surface area contributed by atoms with Crippen LogP contribution in [0.1, 0.15) is 26.7 Å². The average molecular weight is 83.2 g/mol. The Morgan fingerprint density at radius 3 is 2.33 bits per heavy atom. The average Bonchev–Trinajstić information content (AvgIpc) is 2.22. The lowest BCUT2D eigenvalue weighted by atomic mass is 10.1. The Balaban J connectivity index is 2.28. The smallest absolute Gasteiger partial charge is 0.0674 e. The van der Waals surface area contributed by atoms with Crippen molar-refractivity contribution in [3.05, 3.63) is 6.42 Å². The molecule has 0 bridgehead atoms. The van der Waals surface area contributed by atoms with E-state index in [-0.39, 0.29) is 0 Å². The van der Waals surface area contributed by atoms with E-state index >= 15 is 0 Å². The summed E-state index contributed by atoms with van der Waals surface area (Å²) in [5, 5.41) is 0. The predicted molar refractivity (Wildman–Crippen MR) is 27.3 cm³/mol. The zero-order valence-electron chi connectivity index (χ0n) is 4.49. The van der Waals surface area contributed by atoms with Crippen LogP contribution in [0.4, 0.5) is 0 Å². The van der Waals surface area contributed by atoms with Crippen molar-refractivity contribution in [2.45, 2.75) is 26.7 Å². The Morgan fingerprint density at radius 2 is 2.33 bits per heavy atom. The van der Waals surface area contributed by atoms with Crippen molar-refractivity contribution in [3.63, 3.8) is 0 Å². The van der Waals surface area contributed by atoms with Crippen LogP contribution in [0.2, 0.25) is 0 Å². The first kappa shape index (κ1) is 4.17. The Kier molecular flexibility index (Phi) is 0.686. The summed E-state index contributed by atoms with van der Waals surface area (Å²) in [6.45, 7) is 4.54. The third-order valence-electron chi connectivity index (χ3n) is 1.71. The van der Waals surface area contributed by atoms with Crippen LogP contribution in [0.5, 0.6) is 0 Å². The SMILES string of the molecule is CCC1(C)[CH-]C1. The van der Waals surface area contributed by atoms with Crippen LogP contribution < -0.4 is 0 Å². The van der Waals surface area contributed by atoms with Crippen molar-refractivity contribution in [2.75, 3.05) is 0 Å². The minimum absolute atomic E-state index is 0.667. The number of hydrogen-bond acceptors (Lipinski definition) is 0. The van der Waals surface area contributed by atoms with Gasteiger partial charge in [0.2, 0.25) is 0 Å². The summed E-state index contributed by atoms with van der Waals surface area (Å²) < 4.78 is 0. The van der Waals surface area contributed by atoms with Gasteiger partial charge in [0.25, 0.3) is 0 Å². The van der Waals surface area contributed by atoms with Crippen molar-refractivity contribution < 1.29 is 0 Å². The van der Waals surface area contributed by atoms with Crippen LogP contribution in [0.3, 0.4) is 0 Å². The molecule has 0 aromatic carbocycles. The molecule has 0 spiro atoms. The Bertz CT molecular complexity index is 51.1. The molecule has 36 valence electrons. The van der Waals surface area contributed by atoms with Gasteiger partial charge in [-0.25, -0.2) is 6.42 Å². The first-order valence-corrected chi connectivity index (χ1v) is 2.61. The molecule has 0 heterocycles. The van der Waals surface area contributed by atoms with E-state index in [0.29, 0.717) is 5.41 Å². The standard InChI is InChI=1S/C6H11/c1-3-6(2)4-5-6/h4H,3,5H2,1-2H3/q-1. The van der Waals surface area contributed by atoms with Crippen molar-refractivity contribution in [3.8, 4) is 0 Å². The van der Waals surface area contributed by atoms with Crippen molar-refractivity contribution in [1.82, 2.24) is 0 Å². The molecular formula is C6H11-. The minimum atomic E-state index is 0.667. The fourth-order valence-corrected chi connectivity index (χ4v) is 0.463. The Morgan fingerprint density at radius 1 is 1.83 bits per heavy atom. The molecule has 6 heavy (non-hydrogen) atoms. The van der Waals surface area contributed by atoms with Gasteiger partial charge < -0.3 is 6.42 Å². The lowest BCUT2D eigenvalue weighted by molar-refractivity contribution is 0.578. The molecule has 1 aliphatic carbocycles. The Hall–Kier alpha value is 0. The van der Waals surface area contributed by atoms with Gasteiger partial charge in [-0.2, -0.15) is 5.41 Å². The molecule has 1 saturated carbocycles. The van der Waals surface area contributed by atoms with E-state index in [1.165, 1.54) is 12.8 Å². The van der Waals surface area contributed by atoms with Gasteiger partial charge in [0.05, 0.1) is 0 Å². The van der Waals surface area contributed by atoms with Crippen LogP contribution in [0.25, 0.3) is 0 Å².